The molecule has 0 aliphatic rings. The molecule has 0 aliphatic heterocycles. The summed E-state index contributed by atoms with van der Waals surface area (Å²) in [5, 5.41) is 8.56. The minimum Gasteiger partial charge on any atom is -0.382 e. The second-order valence-corrected chi connectivity index (χ2v) is 4.59. The highest BCUT2D eigenvalue weighted by Gasteiger charge is 2.03. The molecule has 1 N–H and O–H groups in total. The smallest absolute Gasteiger partial charge is 0.0823 e. The highest BCUT2D eigenvalue weighted by Crippen LogP contribution is 2.29. The highest BCUT2D eigenvalue weighted by atomic mass is 35.5. The van der Waals surface area contributed by atoms with E-state index < -0.39 is 0 Å². The van der Waals surface area contributed by atoms with Crippen LogP contribution in [0.5, 0.6) is 0 Å². The summed E-state index contributed by atoms with van der Waals surface area (Å²) < 4.78 is 1.89. The number of nitrogens with zero attached hydrogens (tertiary/aromatic N) is 2. The summed E-state index contributed by atoms with van der Waals surface area (Å²) in [6.45, 7) is 3.56. The van der Waals surface area contributed by atoms with Crippen LogP contribution in [0.3, 0.4) is 0 Å². The van der Waals surface area contributed by atoms with E-state index in [-0.39, 0.29) is 0 Å². The van der Waals surface area contributed by atoms with Gasteiger partial charge >= 0.3 is 0 Å². The number of halogens is 2. The average Bonchev–Trinajstić information content (AvgIpc) is 2.70. The maximum atomic E-state index is 6.06. The Morgan fingerprint density at radius 1 is 1.35 bits per heavy atom. The van der Waals surface area contributed by atoms with Crippen LogP contribution in [0, 0.1) is 6.92 Å². The zero-order valence-corrected chi connectivity index (χ0v) is 11.0. The maximum Gasteiger partial charge on any atom is 0.0823 e. The van der Waals surface area contributed by atoms with Crippen LogP contribution in [0.15, 0.2) is 30.6 Å². The summed E-state index contributed by atoms with van der Waals surface area (Å²) in [7, 11) is 0. The second-order valence-electron chi connectivity index (χ2n) is 3.81. The van der Waals surface area contributed by atoms with E-state index in [4.69, 9.17) is 23.2 Å². The van der Waals surface area contributed by atoms with Gasteiger partial charge in [0.2, 0.25) is 0 Å². The predicted octanol–water partition coefficient (Wildman–Crippen LogP) is 3.61. The van der Waals surface area contributed by atoms with Gasteiger partial charge in [-0.3, -0.25) is 4.68 Å². The van der Waals surface area contributed by atoms with Gasteiger partial charge in [-0.25, -0.2) is 0 Å². The van der Waals surface area contributed by atoms with E-state index in [9.17, 15) is 0 Å². The van der Waals surface area contributed by atoms with Gasteiger partial charge in [0.25, 0.3) is 0 Å². The van der Waals surface area contributed by atoms with Crippen LogP contribution in [0.2, 0.25) is 10.0 Å². The van der Waals surface area contributed by atoms with E-state index in [1.807, 2.05) is 36.1 Å². The first kappa shape index (κ1) is 12.3. The van der Waals surface area contributed by atoms with Crippen molar-refractivity contribution in [1.82, 2.24) is 9.78 Å². The summed E-state index contributed by atoms with van der Waals surface area (Å²) in [6, 6.07) is 5.54. The highest BCUT2D eigenvalue weighted by molar-refractivity contribution is 6.43. The Morgan fingerprint density at radius 3 is 2.88 bits per heavy atom. The molecule has 3 nitrogen and oxygen atoms in total. The minimum atomic E-state index is 0.561. The third-order valence-electron chi connectivity index (χ3n) is 2.37. The SMILES string of the molecule is Cc1cnn(CCNc2cccc(Cl)c2Cl)c1. The Balaban J connectivity index is 1.92. The van der Waals surface area contributed by atoms with Crippen LogP contribution in [0.4, 0.5) is 5.69 Å². The van der Waals surface area contributed by atoms with E-state index in [0.717, 1.165) is 24.3 Å². The first-order valence-electron chi connectivity index (χ1n) is 5.34. The fourth-order valence-corrected chi connectivity index (χ4v) is 1.90. The van der Waals surface area contributed by atoms with Crippen molar-refractivity contribution in [2.75, 3.05) is 11.9 Å². The molecule has 0 amide bonds. The number of nitrogens with one attached hydrogen (secondary N) is 1. The first-order chi connectivity index (χ1) is 8.16. The Bertz CT molecular complexity index is 508. The van der Waals surface area contributed by atoms with E-state index in [1.165, 1.54) is 0 Å². The number of rotatable bonds is 4. The third-order valence-corrected chi connectivity index (χ3v) is 3.19. The molecule has 2 rings (SSSR count). The van der Waals surface area contributed by atoms with Crippen LogP contribution in [0.1, 0.15) is 5.56 Å². The molecule has 1 heterocycles. The van der Waals surface area contributed by atoms with Crippen molar-refractivity contribution >= 4 is 28.9 Å². The van der Waals surface area contributed by atoms with Crippen molar-refractivity contribution in [2.24, 2.45) is 0 Å². The molecule has 0 radical (unpaired) electrons. The van der Waals surface area contributed by atoms with E-state index in [0.29, 0.717) is 10.0 Å². The number of benzene rings is 1. The van der Waals surface area contributed by atoms with Crippen molar-refractivity contribution < 1.29 is 0 Å². The van der Waals surface area contributed by atoms with Gasteiger partial charge < -0.3 is 5.32 Å². The quantitative estimate of drug-likeness (QED) is 0.919. The third kappa shape index (κ3) is 3.14. The lowest BCUT2D eigenvalue weighted by atomic mass is 10.3. The van der Waals surface area contributed by atoms with Crippen LogP contribution < -0.4 is 5.32 Å². The number of hydrogen-bond acceptors (Lipinski definition) is 2. The zero-order chi connectivity index (χ0) is 12.3. The molecule has 0 spiro atoms. The van der Waals surface area contributed by atoms with E-state index >= 15 is 0 Å². The number of anilines is 1. The van der Waals surface area contributed by atoms with Gasteiger partial charge in [0.05, 0.1) is 28.5 Å². The van der Waals surface area contributed by atoms with Gasteiger partial charge in [0, 0.05) is 12.7 Å². The Hall–Kier alpha value is -1.19. The maximum absolute atomic E-state index is 6.06. The second kappa shape index (κ2) is 5.43. The van der Waals surface area contributed by atoms with Gasteiger partial charge in [-0.2, -0.15) is 5.10 Å². The Morgan fingerprint density at radius 2 is 2.18 bits per heavy atom. The molecule has 0 atom stereocenters. The van der Waals surface area contributed by atoms with Gasteiger partial charge in [-0.1, -0.05) is 29.3 Å². The molecule has 0 aliphatic carbocycles. The summed E-state index contributed by atoms with van der Waals surface area (Å²) in [5.41, 5.74) is 2.01. The topological polar surface area (TPSA) is 29.9 Å². The molecule has 17 heavy (non-hydrogen) atoms. The monoisotopic (exact) mass is 269 g/mol. The molecule has 0 bridgehead atoms. The lowest BCUT2D eigenvalue weighted by Gasteiger charge is -2.09. The first-order valence-corrected chi connectivity index (χ1v) is 6.09. The molecule has 0 fully saturated rings. The fraction of sp³-hybridized carbons (Fsp3) is 0.250. The van der Waals surface area contributed by atoms with Crippen molar-refractivity contribution in [3.05, 3.63) is 46.2 Å². The summed E-state index contributed by atoms with van der Waals surface area (Å²) in [5.74, 6) is 0. The van der Waals surface area contributed by atoms with Crippen LogP contribution in [-0.4, -0.2) is 16.3 Å². The van der Waals surface area contributed by atoms with Crippen molar-refractivity contribution in [1.29, 1.82) is 0 Å². The molecule has 90 valence electrons. The van der Waals surface area contributed by atoms with Gasteiger partial charge in [-0.05, 0) is 24.6 Å². The largest absolute Gasteiger partial charge is 0.382 e. The summed E-state index contributed by atoms with van der Waals surface area (Å²) >= 11 is 12.0. The summed E-state index contributed by atoms with van der Waals surface area (Å²) in [6.07, 6.45) is 3.84. The van der Waals surface area contributed by atoms with E-state index in [2.05, 4.69) is 10.4 Å². The molecule has 1 aromatic carbocycles. The lowest BCUT2D eigenvalue weighted by Crippen LogP contribution is -2.11. The van der Waals surface area contributed by atoms with Gasteiger partial charge in [0.1, 0.15) is 0 Å². The van der Waals surface area contributed by atoms with Crippen molar-refractivity contribution in [3.8, 4) is 0 Å². The molecule has 2 aromatic rings. The standard InChI is InChI=1S/C12H13Cl2N3/c1-9-7-16-17(8-9)6-5-15-11-4-2-3-10(13)12(11)14/h2-4,7-8,15H,5-6H2,1H3. The molecule has 1 aromatic heterocycles. The van der Waals surface area contributed by atoms with Crippen LogP contribution >= 0.6 is 23.2 Å². The van der Waals surface area contributed by atoms with Crippen molar-refractivity contribution in [3.63, 3.8) is 0 Å². The molecule has 0 saturated heterocycles. The Labute approximate surface area is 110 Å². The molecule has 0 unspecified atom stereocenters. The number of aryl methyl sites for hydroxylation is 1. The lowest BCUT2D eigenvalue weighted by molar-refractivity contribution is 0.637. The van der Waals surface area contributed by atoms with Crippen LogP contribution in [0.25, 0.3) is 0 Å². The number of aromatic nitrogens is 2. The van der Waals surface area contributed by atoms with E-state index in [1.54, 1.807) is 6.07 Å². The molecular formula is C12H13Cl2N3. The predicted molar refractivity (Wildman–Crippen MR) is 71.9 cm³/mol. The molecule has 5 heteroatoms. The van der Waals surface area contributed by atoms with Crippen LogP contribution in [-0.2, 0) is 6.54 Å². The van der Waals surface area contributed by atoms with Crippen molar-refractivity contribution in [2.45, 2.75) is 13.5 Å². The Kier molecular flexibility index (Phi) is 3.92. The fourth-order valence-electron chi connectivity index (χ4n) is 1.53. The average molecular weight is 270 g/mol. The molecular weight excluding hydrogens is 257 g/mol. The minimum absolute atomic E-state index is 0.561. The summed E-state index contributed by atoms with van der Waals surface area (Å²) in [4.78, 5) is 0. The zero-order valence-electron chi connectivity index (χ0n) is 9.45. The molecule has 0 saturated carbocycles. The van der Waals surface area contributed by atoms with Gasteiger partial charge in [0.15, 0.2) is 0 Å². The number of hydrogen-bond donors (Lipinski definition) is 1. The normalized spacial score (nSPS) is 10.5. The van der Waals surface area contributed by atoms with Gasteiger partial charge in [-0.15, -0.1) is 0 Å².